The lowest BCUT2D eigenvalue weighted by atomic mass is 10.1. The Labute approximate surface area is 50.9 Å². The lowest BCUT2D eigenvalue weighted by molar-refractivity contribution is 0.192. The molecule has 0 saturated heterocycles. The fourth-order valence-electron chi connectivity index (χ4n) is 0.394. The molecule has 0 saturated carbocycles. The van der Waals surface area contributed by atoms with Gasteiger partial charge in [0.25, 0.3) is 0 Å². The van der Waals surface area contributed by atoms with Crippen LogP contribution in [-0.4, -0.2) is 23.8 Å². The Hall–Kier alpha value is -0.0800. The Bertz CT molecular complexity index is 61.5. The maximum absolute atomic E-state index is 8.63. The molecule has 2 N–H and O–H groups in total. The van der Waals surface area contributed by atoms with E-state index in [4.69, 9.17) is 5.11 Å². The van der Waals surface area contributed by atoms with Crippen LogP contribution in [-0.2, 0) is 0 Å². The fraction of sp³-hybridized carbons (Fsp3) is 0.833. The van der Waals surface area contributed by atoms with Gasteiger partial charge in [0.1, 0.15) is 0 Å². The molecule has 8 heavy (non-hydrogen) atoms. The van der Waals surface area contributed by atoms with Gasteiger partial charge in [0.15, 0.2) is 0 Å². The van der Waals surface area contributed by atoms with Crippen molar-refractivity contribution in [2.45, 2.75) is 19.4 Å². The molecule has 49 valence electrons. The van der Waals surface area contributed by atoms with E-state index in [9.17, 15) is 0 Å². The van der Waals surface area contributed by atoms with E-state index in [-0.39, 0.29) is 12.1 Å². The van der Waals surface area contributed by atoms with Crippen molar-refractivity contribution in [3.05, 3.63) is 6.92 Å². The largest absolute Gasteiger partial charge is 0.394 e. The number of aliphatic hydroxyl groups excluding tert-OH is 1. The molecule has 0 spiro atoms. The summed E-state index contributed by atoms with van der Waals surface area (Å²) in [5.41, 5.74) is -0.165. The molecule has 0 aliphatic rings. The van der Waals surface area contributed by atoms with Crippen LogP contribution in [0, 0.1) is 6.92 Å². The molecule has 0 aliphatic heterocycles. The second-order valence-corrected chi connectivity index (χ2v) is 2.47. The SMILES string of the molecule is [CH2]CNC(C)(C)CO. The topological polar surface area (TPSA) is 32.3 Å². The van der Waals surface area contributed by atoms with Crippen LogP contribution in [0.3, 0.4) is 0 Å². The normalized spacial score (nSPS) is 12.0. The van der Waals surface area contributed by atoms with E-state index in [1.54, 1.807) is 0 Å². The van der Waals surface area contributed by atoms with Gasteiger partial charge < -0.3 is 10.4 Å². The molecule has 0 aromatic carbocycles. The van der Waals surface area contributed by atoms with Crippen molar-refractivity contribution < 1.29 is 5.11 Å². The average Bonchev–Trinajstić information content (AvgIpc) is 1.67. The smallest absolute Gasteiger partial charge is 0.0607 e. The number of rotatable bonds is 3. The molecule has 0 heterocycles. The van der Waals surface area contributed by atoms with Crippen molar-refractivity contribution >= 4 is 0 Å². The molecule has 1 radical (unpaired) electrons. The number of nitrogens with one attached hydrogen (secondary N) is 1. The van der Waals surface area contributed by atoms with Gasteiger partial charge in [0.2, 0.25) is 0 Å². The molecule has 0 amide bonds. The summed E-state index contributed by atoms with van der Waals surface area (Å²) >= 11 is 0. The van der Waals surface area contributed by atoms with E-state index in [0.717, 1.165) is 0 Å². The van der Waals surface area contributed by atoms with Gasteiger partial charge >= 0.3 is 0 Å². The maximum Gasteiger partial charge on any atom is 0.0607 e. The molecule has 2 heteroatoms. The monoisotopic (exact) mass is 116 g/mol. The second-order valence-electron chi connectivity index (χ2n) is 2.47. The Morgan fingerprint density at radius 2 is 2.12 bits per heavy atom. The molecule has 0 aromatic rings. The molecule has 0 aromatic heterocycles. The van der Waals surface area contributed by atoms with Gasteiger partial charge in [0, 0.05) is 5.54 Å². The summed E-state index contributed by atoms with van der Waals surface area (Å²) in [6, 6.07) is 0. The highest BCUT2D eigenvalue weighted by atomic mass is 16.3. The fourth-order valence-corrected chi connectivity index (χ4v) is 0.394. The van der Waals surface area contributed by atoms with Gasteiger partial charge in [-0.25, -0.2) is 0 Å². The van der Waals surface area contributed by atoms with E-state index in [0.29, 0.717) is 6.54 Å². The van der Waals surface area contributed by atoms with Crippen molar-refractivity contribution in [1.82, 2.24) is 5.32 Å². The third-order valence-corrected chi connectivity index (χ3v) is 0.999. The van der Waals surface area contributed by atoms with Crippen molar-refractivity contribution in [2.75, 3.05) is 13.2 Å². The van der Waals surface area contributed by atoms with Crippen LogP contribution < -0.4 is 5.32 Å². The van der Waals surface area contributed by atoms with E-state index < -0.39 is 0 Å². The van der Waals surface area contributed by atoms with Crippen LogP contribution in [0.15, 0.2) is 0 Å². The van der Waals surface area contributed by atoms with Gasteiger partial charge in [-0.2, -0.15) is 0 Å². The first-order chi connectivity index (χ1) is 3.62. The first kappa shape index (κ1) is 7.92. The third-order valence-electron chi connectivity index (χ3n) is 0.999. The lowest BCUT2D eigenvalue weighted by Crippen LogP contribution is -2.42. The summed E-state index contributed by atoms with van der Waals surface area (Å²) in [6.07, 6.45) is 0. The Morgan fingerprint density at radius 3 is 2.25 bits per heavy atom. The molecule has 0 unspecified atom stereocenters. The first-order valence-corrected chi connectivity index (χ1v) is 2.77. The lowest BCUT2D eigenvalue weighted by Gasteiger charge is -2.21. The summed E-state index contributed by atoms with van der Waals surface area (Å²) in [5, 5.41) is 11.6. The standard InChI is InChI=1S/C6H14NO/c1-4-7-6(2,3)5-8/h7-8H,1,4-5H2,2-3H3. The van der Waals surface area contributed by atoms with Crippen LogP contribution in [0.1, 0.15) is 13.8 Å². The molecular formula is C6H14NO. The highest BCUT2D eigenvalue weighted by Gasteiger charge is 2.12. The van der Waals surface area contributed by atoms with Gasteiger partial charge in [-0.15, -0.1) is 0 Å². The van der Waals surface area contributed by atoms with Crippen molar-refractivity contribution in [1.29, 1.82) is 0 Å². The minimum Gasteiger partial charge on any atom is -0.394 e. The zero-order valence-corrected chi connectivity index (χ0v) is 5.57. The predicted molar refractivity (Wildman–Crippen MR) is 34.5 cm³/mol. The zero-order valence-electron chi connectivity index (χ0n) is 5.57. The van der Waals surface area contributed by atoms with Crippen LogP contribution in [0.2, 0.25) is 0 Å². The molecule has 0 rings (SSSR count). The van der Waals surface area contributed by atoms with E-state index in [2.05, 4.69) is 12.2 Å². The molecule has 0 bridgehead atoms. The Morgan fingerprint density at radius 1 is 1.62 bits per heavy atom. The molecule has 0 fully saturated rings. The van der Waals surface area contributed by atoms with Crippen molar-refractivity contribution in [3.8, 4) is 0 Å². The van der Waals surface area contributed by atoms with Gasteiger partial charge in [-0.3, -0.25) is 0 Å². The summed E-state index contributed by atoms with van der Waals surface area (Å²) in [7, 11) is 0. The molecule has 0 aliphatic carbocycles. The second kappa shape index (κ2) is 3.05. The van der Waals surface area contributed by atoms with Crippen molar-refractivity contribution in [3.63, 3.8) is 0 Å². The van der Waals surface area contributed by atoms with E-state index in [1.165, 1.54) is 0 Å². The Kier molecular flexibility index (Phi) is 3.02. The number of aliphatic hydroxyl groups is 1. The van der Waals surface area contributed by atoms with Gasteiger partial charge in [-0.1, -0.05) is 0 Å². The van der Waals surface area contributed by atoms with Gasteiger partial charge in [-0.05, 0) is 27.3 Å². The Balaban J connectivity index is 3.37. The zero-order chi connectivity index (χ0) is 6.62. The van der Waals surface area contributed by atoms with Crippen LogP contribution in [0.25, 0.3) is 0 Å². The van der Waals surface area contributed by atoms with E-state index >= 15 is 0 Å². The summed E-state index contributed by atoms with van der Waals surface area (Å²) < 4.78 is 0. The van der Waals surface area contributed by atoms with Crippen LogP contribution in [0.5, 0.6) is 0 Å². The molecule has 0 atom stereocenters. The quantitative estimate of drug-likeness (QED) is 0.551. The van der Waals surface area contributed by atoms with Gasteiger partial charge in [0.05, 0.1) is 6.61 Å². The van der Waals surface area contributed by atoms with Crippen molar-refractivity contribution in [2.24, 2.45) is 0 Å². The molecule has 2 nitrogen and oxygen atoms in total. The summed E-state index contributed by atoms with van der Waals surface area (Å²) in [5.74, 6) is 0. The first-order valence-electron chi connectivity index (χ1n) is 2.77. The van der Waals surface area contributed by atoms with Crippen LogP contribution in [0.4, 0.5) is 0 Å². The third kappa shape index (κ3) is 2.99. The molecular weight excluding hydrogens is 102 g/mol. The van der Waals surface area contributed by atoms with Crippen LogP contribution >= 0.6 is 0 Å². The minimum atomic E-state index is -0.165. The maximum atomic E-state index is 8.63. The average molecular weight is 116 g/mol. The highest BCUT2D eigenvalue weighted by Crippen LogP contribution is 1.97. The number of hydrogen-bond acceptors (Lipinski definition) is 2. The predicted octanol–water partition coefficient (Wildman–Crippen LogP) is 0.181. The van der Waals surface area contributed by atoms with E-state index in [1.807, 2.05) is 13.8 Å². The minimum absolute atomic E-state index is 0.155. The summed E-state index contributed by atoms with van der Waals surface area (Å²) in [6.45, 7) is 8.27. The highest BCUT2D eigenvalue weighted by molar-refractivity contribution is 4.75. The number of hydrogen-bond donors (Lipinski definition) is 2. The summed E-state index contributed by atoms with van der Waals surface area (Å²) in [4.78, 5) is 0.